The molecule has 5 aromatic rings. The smallest absolute Gasteiger partial charge is 0.258 e. The number of anilines is 2. The van der Waals surface area contributed by atoms with Gasteiger partial charge in [-0.2, -0.15) is 0 Å². The molecule has 0 bridgehead atoms. The van der Waals surface area contributed by atoms with Gasteiger partial charge in [0.15, 0.2) is 11.5 Å². The summed E-state index contributed by atoms with van der Waals surface area (Å²) >= 11 is 6.40. The van der Waals surface area contributed by atoms with Crippen molar-refractivity contribution in [1.82, 2.24) is 4.90 Å². The Morgan fingerprint density at radius 1 is 0.958 bits per heavy atom. The minimum atomic E-state index is -0.122. The van der Waals surface area contributed by atoms with Crippen molar-refractivity contribution in [1.29, 1.82) is 0 Å². The molecular formula is C39H33ClN4O4. The molecule has 0 aliphatic carbocycles. The molecule has 9 heteroatoms. The molecule has 8 rings (SSSR count). The minimum absolute atomic E-state index is 0.0110. The maximum absolute atomic E-state index is 13.8. The number of ether oxygens (including phenoxy) is 2. The molecule has 2 N–H and O–H groups in total. The number of carbonyl (C=O) groups excluding carboxylic acids is 2. The van der Waals surface area contributed by atoms with Crippen molar-refractivity contribution in [2.75, 3.05) is 30.2 Å². The van der Waals surface area contributed by atoms with Crippen LogP contribution in [0.2, 0.25) is 0 Å². The molecule has 3 aliphatic rings. The van der Waals surface area contributed by atoms with Crippen LogP contribution in [-0.2, 0) is 19.6 Å². The summed E-state index contributed by atoms with van der Waals surface area (Å²) in [6.07, 6.45) is 2.58. The predicted molar refractivity (Wildman–Crippen MR) is 189 cm³/mol. The first-order valence-corrected chi connectivity index (χ1v) is 16.5. The standard InChI is InChI=1S/C39H33ClN4O4/c1-47-35-15-31-33(42-19-28-14-25-6-2-3-7-26(25)20-43(28)39(31)46)17-36(35)48-22-23-10-12-24(13-11-23)38(45)44-21-27(18-40)37-30-9-5-4-8-29(30)32(41)16-34(37)44/h2-13,15-17,19,27-28H,14,18,20-22,41H2,1H3/t27-,28+/m1/s1. The Kier molecular flexibility index (Phi) is 7.53. The van der Waals surface area contributed by atoms with Crippen molar-refractivity contribution in [3.63, 3.8) is 0 Å². The van der Waals surface area contributed by atoms with Gasteiger partial charge < -0.3 is 25.0 Å². The van der Waals surface area contributed by atoms with Crippen molar-refractivity contribution in [2.24, 2.45) is 4.99 Å². The van der Waals surface area contributed by atoms with E-state index in [1.807, 2.05) is 77.8 Å². The Balaban J connectivity index is 1.00. The number of benzene rings is 5. The summed E-state index contributed by atoms with van der Waals surface area (Å²) < 4.78 is 11.9. The summed E-state index contributed by atoms with van der Waals surface area (Å²) in [5.41, 5.74) is 13.8. The van der Waals surface area contributed by atoms with E-state index in [0.717, 1.165) is 39.6 Å². The van der Waals surface area contributed by atoms with E-state index in [-0.39, 0.29) is 30.4 Å². The van der Waals surface area contributed by atoms with Gasteiger partial charge in [-0.1, -0.05) is 60.7 Å². The number of methoxy groups -OCH3 is 1. The van der Waals surface area contributed by atoms with Crippen molar-refractivity contribution in [3.05, 3.63) is 124 Å². The molecular weight excluding hydrogens is 624 g/mol. The van der Waals surface area contributed by atoms with Crippen molar-refractivity contribution < 1.29 is 19.1 Å². The zero-order valence-electron chi connectivity index (χ0n) is 26.4. The first-order valence-electron chi connectivity index (χ1n) is 16.0. The summed E-state index contributed by atoms with van der Waals surface area (Å²) in [4.78, 5) is 35.9. The predicted octanol–water partition coefficient (Wildman–Crippen LogP) is 7.28. The number of nitrogens with two attached hydrogens (primary N) is 1. The monoisotopic (exact) mass is 656 g/mol. The summed E-state index contributed by atoms with van der Waals surface area (Å²) in [6, 6.07) is 28.8. The van der Waals surface area contributed by atoms with Crippen LogP contribution >= 0.6 is 11.6 Å². The Bertz CT molecular complexity index is 2130. The molecule has 0 fully saturated rings. The lowest BCUT2D eigenvalue weighted by atomic mass is 9.94. The zero-order chi connectivity index (χ0) is 32.9. The third-order valence-corrected chi connectivity index (χ3v) is 10.0. The van der Waals surface area contributed by atoms with Crippen LogP contribution in [0.3, 0.4) is 0 Å². The Labute approximate surface area is 283 Å². The fourth-order valence-electron chi connectivity index (χ4n) is 7.18. The third kappa shape index (κ3) is 5.04. The van der Waals surface area contributed by atoms with Crippen LogP contribution in [0, 0.1) is 0 Å². The SMILES string of the molecule is COc1cc2c(cc1OCc1ccc(C(=O)N3C[C@@H](CCl)c4c3cc(N)c3ccccc43)cc1)N=C[C@@H]1Cc3ccccc3CN1C2=O. The highest BCUT2D eigenvalue weighted by Gasteiger charge is 2.35. The molecule has 0 saturated heterocycles. The van der Waals surface area contributed by atoms with Gasteiger partial charge in [-0.15, -0.1) is 11.6 Å². The summed E-state index contributed by atoms with van der Waals surface area (Å²) in [7, 11) is 1.56. The van der Waals surface area contributed by atoms with Gasteiger partial charge in [0, 0.05) is 53.8 Å². The van der Waals surface area contributed by atoms with Crippen LogP contribution in [-0.4, -0.2) is 48.5 Å². The zero-order valence-corrected chi connectivity index (χ0v) is 27.1. The highest BCUT2D eigenvalue weighted by molar-refractivity contribution is 6.19. The largest absolute Gasteiger partial charge is 0.493 e. The number of alkyl halides is 1. The van der Waals surface area contributed by atoms with Gasteiger partial charge >= 0.3 is 0 Å². The van der Waals surface area contributed by atoms with Crippen LogP contribution in [0.1, 0.15) is 48.9 Å². The third-order valence-electron chi connectivity index (χ3n) is 9.67. The molecule has 240 valence electrons. The highest BCUT2D eigenvalue weighted by Crippen LogP contribution is 2.45. The quantitative estimate of drug-likeness (QED) is 0.153. The molecule has 0 saturated carbocycles. The highest BCUT2D eigenvalue weighted by atomic mass is 35.5. The van der Waals surface area contributed by atoms with E-state index < -0.39 is 0 Å². The van der Waals surface area contributed by atoms with Gasteiger partial charge in [0.2, 0.25) is 0 Å². The topological polar surface area (TPSA) is 97.5 Å². The average Bonchev–Trinajstić information content (AvgIpc) is 3.44. The summed E-state index contributed by atoms with van der Waals surface area (Å²) in [6.45, 7) is 1.26. The number of nitrogens with zero attached hydrogens (tertiary/aromatic N) is 3. The van der Waals surface area contributed by atoms with E-state index in [9.17, 15) is 9.59 Å². The Morgan fingerprint density at radius 2 is 1.71 bits per heavy atom. The maximum atomic E-state index is 13.8. The molecule has 0 aromatic heterocycles. The van der Waals surface area contributed by atoms with Crippen LogP contribution in [0.25, 0.3) is 10.8 Å². The normalized spacial score (nSPS) is 17.8. The van der Waals surface area contributed by atoms with Crippen LogP contribution < -0.4 is 20.1 Å². The van der Waals surface area contributed by atoms with Crippen molar-refractivity contribution in [2.45, 2.75) is 31.5 Å². The number of halogens is 1. The lowest BCUT2D eigenvalue weighted by Gasteiger charge is -2.34. The van der Waals surface area contributed by atoms with Crippen molar-refractivity contribution in [3.8, 4) is 11.5 Å². The fraction of sp³-hybridized carbons (Fsp3) is 0.205. The van der Waals surface area contributed by atoms with Crippen LogP contribution in [0.5, 0.6) is 11.5 Å². The second-order valence-corrected chi connectivity index (χ2v) is 12.8. The van der Waals surface area contributed by atoms with E-state index in [2.05, 4.69) is 12.1 Å². The Hall–Kier alpha value is -5.34. The fourth-order valence-corrected chi connectivity index (χ4v) is 7.43. The first-order chi connectivity index (χ1) is 23.4. The van der Waals surface area contributed by atoms with Gasteiger partial charge in [-0.25, -0.2) is 0 Å². The van der Waals surface area contributed by atoms with E-state index in [0.29, 0.717) is 53.0 Å². The lowest BCUT2D eigenvalue weighted by molar-refractivity contribution is 0.0703. The number of aliphatic imine (C=N–C) groups is 1. The molecule has 0 spiro atoms. The molecule has 3 aliphatic heterocycles. The molecule has 0 radical (unpaired) electrons. The second-order valence-electron chi connectivity index (χ2n) is 12.5. The molecule has 0 unspecified atom stereocenters. The summed E-state index contributed by atoms with van der Waals surface area (Å²) in [5, 5.41) is 2.00. The van der Waals surface area contributed by atoms with Gasteiger partial charge in [-0.3, -0.25) is 14.6 Å². The van der Waals surface area contributed by atoms with Gasteiger partial charge in [-0.05, 0) is 58.3 Å². The van der Waals surface area contributed by atoms with E-state index in [1.54, 1.807) is 24.1 Å². The van der Waals surface area contributed by atoms with Crippen molar-refractivity contribution >= 4 is 57.5 Å². The van der Waals surface area contributed by atoms with Gasteiger partial charge in [0.1, 0.15) is 6.61 Å². The Morgan fingerprint density at radius 3 is 2.48 bits per heavy atom. The van der Waals surface area contributed by atoms with Crippen LogP contribution in [0.15, 0.2) is 96.0 Å². The minimum Gasteiger partial charge on any atom is -0.493 e. The maximum Gasteiger partial charge on any atom is 0.258 e. The van der Waals surface area contributed by atoms with Gasteiger partial charge in [0.25, 0.3) is 11.8 Å². The van der Waals surface area contributed by atoms with Crippen LogP contribution in [0.4, 0.5) is 17.1 Å². The number of nitrogen functional groups attached to an aromatic ring is 1. The molecule has 3 heterocycles. The number of amides is 2. The number of hydrogen-bond donors (Lipinski definition) is 1. The molecule has 8 nitrogen and oxygen atoms in total. The van der Waals surface area contributed by atoms with E-state index in [4.69, 9.17) is 31.8 Å². The first kappa shape index (κ1) is 30.0. The number of fused-ring (bicyclic) bond motifs is 6. The van der Waals surface area contributed by atoms with E-state index >= 15 is 0 Å². The average molecular weight is 657 g/mol. The molecule has 2 atom stereocenters. The summed E-state index contributed by atoms with van der Waals surface area (Å²) in [5.74, 6) is 1.15. The number of hydrogen-bond acceptors (Lipinski definition) is 6. The molecule has 2 amide bonds. The number of rotatable bonds is 6. The van der Waals surface area contributed by atoms with E-state index in [1.165, 1.54) is 5.56 Å². The van der Waals surface area contributed by atoms with Gasteiger partial charge in [0.05, 0.1) is 30.1 Å². The lowest BCUT2D eigenvalue weighted by Crippen LogP contribution is -2.44. The second kappa shape index (κ2) is 12.0. The molecule has 5 aromatic carbocycles. The molecule has 48 heavy (non-hydrogen) atoms. The number of carbonyl (C=O) groups is 2.